The zero-order chi connectivity index (χ0) is 16.9. The SMILES string of the molecule is C(=CCN1CCCCC1)Cc1sc2ccccc2c1-c1ccccc1.Cl. The lowest BCUT2D eigenvalue weighted by atomic mass is 10.0. The molecule has 1 aromatic heterocycles. The lowest BCUT2D eigenvalue weighted by molar-refractivity contribution is 0.251. The Morgan fingerprint density at radius 2 is 1.58 bits per heavy atom. The van der Waals surface area contributed by atoms with Crippen molar-refractivity contribution in [3.8, 4) is 11.1 Å². The van der Waals surface area contributed by atoms with Gasteiger partial charge in [-0.05, 0) is 37.6 Å². The maximum Gasteiger partial charge on any atom is 0.0352 e. The maximum absolute atomic E-state index is 2.57. The van der Waals surface area contributed by atoms with Gasteiger partial charge in [0, 0.05) is 33.5 Å². The molecule has 3 heteroatoms. The van der Waals surface area contributed by atoms with E-state index in [4.69, 9.17) is 0 Å². The highest BCUT2D eigenvalue weighted by Crippen LogP contribution is 2.39. The Balaban J connectivity index is 0.00000196. The van der Waals surface area contributed by atoms with Gasteiger partial charge in [-0.2, -0.15) is 0 Å². The first-order valence-electron chi connectivity index (χ1n) is 9.35. The summed E-state index contributed by atoms with van der Waals surface area (Å²) in [6.07, 6.45) is 9.89. The first kappa shape index (κ1) is 19.2. The van der Waals surface area contributed by atoms with Crippen molar-refractivity contribution in [2.75, 3.05) is 19.6 Å². The minimum Gasteiger partial charge on any atom is -0.300 e. The molecule has 2 heterocycles. The third kappa shape index (κ3) is 4.37. The molecule has 0 spiro atoms. The van der Waals surface area contributed by atoms with Crippen molar-refractivity contribution in [2.45, 2.75) is 25.7 Å². The number of allylic oxidation sites excluding steroid dienone is 1. The first-order chi connectivity index (χ1) is 12.4. The Morgan fingerprint density at radius 1 is 0.846 bits per heavy atom. The zero-order valence-electron chi connectivity index (χ0n) is 15.1. The van der Waals surface area contributed by atoms with Crippen molar-refractivity contribution in [1.82, 2.24) is 4.90 Å². The number of rotatable bonds is 5. The Kier molecular flexibility index (Phi) is 6.90. The summed E-state index contributed by atoms with van der Waals surface area (Å²) in [7, 11) is 0. The van der Waals surface area contributed by atoms with Gasteiger partial charge in [0.25, 0.3) is 0 Å². The van der Waals surface area contributed by atoms with Crippen LogP contribution in [0.4, 0.5) is 0 Å². The van der Waals surface area contributed by atoms with Crippen LogP contribution in [0.1, 0.15) is 24.1 Å². The van der Waals surface area contributed by atoms with E-state index in [9.17, 15) is 0 Å². The Hall–Kier alpha value is -1.61. The van der Waals surface area contributed by atoms with Crippen LogP contribution in [0.15, 0.2) is 66.7 Å². The molecule has 2 aromatic carbocycles. The summed E-state index contributed by atoms with van der Waals surface area (Å²) in [5, 5.41) is 1.39. The van der Waals surface area contributed by atoms with E-state index >= 15 is 0 Å². The Labute approximate surface area is 166 Å². The molecule has 0 unspecified atom stereocenters. The third-order valence-electron chi connectivity index (χ3n) is 5.01. The van der Waals surface area contributed by atoms with Gasteiger partial charge in [-0.1, -0.05) is 67.1 Å². The van der Waals surface area contributed by atoms with E-state index in [1.54, 1.807) is 0 Å². The predicted molar refractivity (Wildman–Crippen MR) is 118 cm³/mol. The summed E-state index contributed by atoms with van der Waals surface area (Å²) in [5.41, 5.74) is 2.75. The van der Waals surface area contributed by atoms with Gasteiger partial charge in [-0.15, -0.1) is 23.7 Å². The highest BCUT2D eigenvalue weighted by Gasteiger charge is 2.12. The van der Waals surface area contributed by atoms with Crippen LogP contribution in [0.5, 0.6) is 0 Å². The summed E-state index contributed by atoms with van der Waals surface area (Å²) in [4.78, 5) is 4.05. The van der Waals surface area contributed by atoms with Crippen LogP contribution in [0.2, 0.25) is 0 Å². The van der Waals surface area contributed by atoms with E-state index in [1.807, 2.05) is 11.3 Å². The van der Waals surface area contributed by atoms with E-state index in [1.165, 1.54) is 58.4 Å². The molecule has 0 saturated carbocycles. The van der Waals surface area contributed by atoms with Crippen LogP contribution in [0.25, 0.3) is 21.2 Å². The molecule has 136 valence electrons. The molecular formula is C23H26ClNS. The predicted octanol–water partition coefficient (Wildman–Crippen LogP) is 6.57. The van der Waals surface area contributed by atoms with Gasteiger partial charge < -0.3 is 0 Å². The third-order valence-corrected chi connectivity index (χ3v) is 6.21. The smallest absolute Gasteiger partial charge is 0.0352 e. The molecule has 0 radical (unpaired) electrons. The van der Waals surface area contributed by atoms with E-state index in [0.717, 1.165) is 13.0 Å². The van der Waals surface area contributed by atoms with Crippen LogP contribution < -0.4 is 0 Å². The van der Waals surface area contributed by atoms with Gasteiger partial charge in [0.1, 0.15) is 0 Å². The normalized spacial score (nSPS) is 15.4. The summed E-state index contributed by atoms with van der Waals surface area (Å²) < 4.78 is 1.39. The van der Waals surface area contributed by atoms with E-state index in [0.29, 0.717) is 0 Å². The van der Waals surface area contributed by atoms with Crippen molar-refractivity contribution in [3.05, 3.63) is 71.6 Å². The summed E-state index contributed by atoms with van der Waals surface area (Å²) in [6.45, 7) is 3.64. The van der Waals surface area contributed by atoms with Gasteiger partial charge in [0.15, 0.2) is 0 Å². The fraction of sp³-hybridized carbons (Fsp3) is 0.304. The number of benzene rings is 2. The molecule has 0 amide bonds. The van der Waals surface area contributed by atoms with Crippen LogP contribution >= 0.6 is 23.7 Å². The van der Waals surface area contributed by atoms with Crippen molar-refractivity contribution >= 4 is 33.8 Å². The van der Waals surface area contributed by atoms with Gasteiger partial charge in [0.2, 0.25) is 0 Å². The summed E-state index contributed by atoms with van der Waals surface area (Å²) in [5.74, 6) is 0. The molecule has 1 aliphatic heterocycles. The average molecular weight is 384 g/mol. The zero-order valence-corrected chi connectivity index (χ0v) is 16.7. The lowest BCUT2D eigenvalue weighted by Crippen LogP contribution is -2.29. The van der Waals surface area contributed by atoms with Crippen LogP contribution in [-0.2, 0) is 6.42 Å². The monoisotopic (exact) mass is 383 g/mol. The number of piperidine rings is 1. The van der Waals surface area contributed by atoms with Gasteiger partial charge in [-0.25, -0.2) is 0 Å². The molecule has 1 nitrogen and oxygen atoms in total. The number of thiophene rings is 1. The second-order valence-corrected chi connectivity index (χ2v) is 7.94. The van der Waals surface area contributed by atoms with Crippen molar-refractivity contribution in [1.29, 1.82) is 0 Å². The summed E-state index contributed by atoms with van der Waals surface area (Å²) >= 11 is 1.94. The number of hydrogen-bond donors (Lipinski definition) is 0. The number of fused-ring (bicyclic) bond motifs is 1. The first-order valence-corrected chi connectivity index (χ1v) is 10.2. The molecule has 3 aromatic rings. The minimum atomic E-state index is 0. The second-order valence-electron chi connectivity index (χ2n) is 6.80. The Bertz CT molecular complexity index is 847. The van der Waals surface area contributed by atoms with E-state index in [-0.39, 0.29) is 12.4 Å². The molecule has 1 saturated heterocycles. The van der Waals surface area contributed by atoms with Crippen molar-refractivity contribution in [3.63, 3.8) is 0 Å². The van der Waals surface area contributed by atoms with Crippen LogP contribution in [-0.4, -0.2) is 24.5 Å². The number of likely N-dealkylation sites (tertiary alicyclic amines) is 1. The number of nitrogens with zero attached hydrogens (tertiary/aromatic N) is 1. The topological polar surface area (TPSA) is 3.24 Å². The number of halogens is 1. The minimum absolute atomic E-state index is 0. The standard InChI is InChI=1S/C23H25NS.ClH/c1-3-11-19(12-4-1)23-20-13-5-6-14-21(20)25-22(23)15-7-10-18-24-16-8-2-9-17-24;/h1,3-7,10-14H,2,8-9,15-18H2;1H. The van der Waals surface area contributed by atoms with Gasteiger partial charge in [0.05, 0.1) is 0 Å². The van der Waals surface area contributed by atoms with Crippen molar-refractivity contribution < 1.29 is 0 Å². The molecular weight excluding hydrogens is 358 g/mol. The van der Waals surface area contributed by atoms with Crippen LogP contribution in [0.3, 0.4) is 0 Å². The lowest BCUT2D eigenvalue weighted by Gasteiger charge is -2.24. The fourth-order valence-corrected chi connectivity index (χ4v) is 4.92. The maximum atomic E-state index is 2.57. The highest BCUT2D eigenvalue weighted by atomic mass is 35.5. The van der Waals surface area contributed by atoms with Gasteiger partial charge in [-0.3, -0.25) is 4.90 Å². The quantitative estimate of drug-likeness (QED) is 0.450. The van der Waals surface area contributed by atoms with E-state index in [2.05, 4.69) is 71.6 Å². The van der Waals surface area contributed by atoms with E-state index < -0.39 is 0 Å². The molecule has 4 rings (SSSR count). The second kappa shape index (κ2) is 9.36. The molecule has 0 aliphatic carbocycles. The summed E-state index contributed by atoms with van der Waals surface area (Å²) in [6, 6.07) is 19.6. The number of hydrogen-bond acceptors (Lipinski definition) is 2. The van der Waals surface area contributed by atoms with Crippen molar-refractivity contribution in [2.24, 2.45) is 0 Å². The largest absolute Gasteiger partial charge is 0.300 e. The molecule has 26 heavy (non-hydrogen) atoms. The molecule has 1 aliphatic rings. The highest BCUT2D eigenvalue weighted by molar-refractivity contribution is 7.19. The average Bonchev–Trinajstić information content (AvgIpc) is 3.05. The fourth-order valence-electron chi connectivity index (χ4n) is 3.72. The Morgan fingerprint density at radius 3 is 2.38 bits per heavy atom. The molecule has 0 N–H and O–H groups in total. The molecule has 1 fully saturated rings. The van der Waals surface area contributed by atoms with Crippen LogP contribution in [0, 0.1) is 0 Å². The molecule has 0 bridgehead atoms. The van der Waals surface area contributed by atoms with Gasteiger partial charge >= 0.3 is 0 Å². The molecule has 0 atom stereocenters.